The molecular formula is C16H13F3N2. The smallest absolute Gasteiger partial charge is 0.288 e. The van der Waals surface area contributed by atoms with Crippen molar-refractivity contribution < 1.29 is 13.2 Å². The Balaban J connectivity index is 2.26. The lowest BCUT2D eigenvalue weighted by Crippen LogP contribution is -2.07. The topological polar surface area (TPSA) is 25.2 Å². The van der Waals surface area contributed by atoms with Crippen molar-refractivity contribution in [3.63, 3.8) is 0 Å². The van der Waals surface area contributed by atoms with Crippen LogP contribution in [0.25, 0.3) is 11.1 Å². The van der Waals surface area contributed by atoms with Crippen LogP contribution in [0.1, 0.15) is 28.1 Å². The minimum Gasteiger partial charge on any atom is -0.288 e. The number of aromatic nitrogens is 1. The number of fused-ring (bicyclic) bond motifs is 1. The van der Waals surface area contributed by atoms with Crippen molar-refractivity contribution in [1.82, 2.24) is 4.98 Å². The van der Waals surface area contributed by atoms with Crippen molar-refractivity contribution in [2.24, 2.45) is 4.99 Å². The van der Waals surface area contributed by atoms with E-state index in [0.717, 1.165) is 22.5 Å². The lowest BCUT2D eigenvalue weighted by molar-refractivity contribution is -0.137. The Morgan fingerprint density at radius 2 is 1.81 bits per heavy atom. The highest BCUT2D eigenvalue weighted by molar-refractivity contribution is 5.94. The van der Waals surface area contributed by atoms with Crippen molar-refractivity contribution in [1.29, 1.82) is 0 Å². The number of hydrogen-bond donors (Lipinski definition) is 0. The van der Waals surface area contributed by atoms with Crippen LogP contribution >= 0.6 is 0 Å². The van der Waals surface area contributed by atoms with E-state index in [-0.39, 0.29) is 0 Å². The normalized spacial score (nSPS) is 13.6. The molecule has 0 atom stereocenters. The summed E-state index contributed by atoms with van der Waals surface area (Å²) in [4.78, 5) is 8.44. The SMILES string of the molecule is Cc1ccc(-c2cc(C(F)(F)F)cc3c2C=NC3)c(C)n1. The molecule has 0 amide bonds. The molecule has 5 heteroatoms. The lowest BCUT2D eigenvalue weighted by atomic mass is 9.93. The first-order valence-corrected chi connectivity index (χ1v) is 6.55. The molecule has 1 aliphatic heterocycles. The van der Waals surface area contributed by atoms with E-state index in [1.54, 1.807) is 19.2 Å². The number of aliphatic imine (C=N–C) groups is 1. The van der Waals surface area contributed by atoms with Crippen LogP contribution in [0, 0.1) is 13.8 Å². The van der Waals surface area contributed by atoms with E-state index < -0.39 is 11.7 Å². The van der Waals surface area contributed by atoms with Crippen molar-refractivity contribution in [2.45, 2.75) is 26.6 Å². The van der Waals surface area contributed by atoms with Crippen LogP contribution in [-0.4, -0.2) is 11.2 Å². The highest BCUT2D eigenvalue weighted by Crippen LogP contribution is 2.37. The number of alkyl halides is 3. The third-order valence-corrected chi connectivity index (χ3v) is 3.59. The van der Waals surface area contributed by atoms with Crippen LogP contribution in [0.5, 0.6) is 0 Å². The van der Waals surface area contributed by atoms with Gasteiger partial charge in [0.2, 0.25) is 0 Å². The second kappa shape index (κ2) is 4.69. The Hall–Kier alpha value is -2.17. The summed E-state index contributed by atoms with van der Waals surface area (Å²) < 4.78 is 39.2. The second-order valence-corrected chi connectivity index (χ2v) is 5.15. The molecule has 0 aliphatic carbocycles. The molecule has 1 aliphatic rings. The fourth-order valence-corrected chi connectivity index (χ4v) is 2.59. The summed E-state index contributed by atoms with van der Waals surface area (Å²) in [6, 6.07) is 6.00. The summed E-state index contributed by atoms with van der Waals surface area (Å²) in [6.45, 7) is 3.96. The Bertz CT molecular complexity index is 746. The molecule has 2 aromatic rings. The third-order valence-electron chi connectivity index (χ3n) is 3.59. The largest absolute Gasteiger partial charge is 0.416 e. The molecule has 0 saturated carbocycles. The van der Waals surface area contributed by atoms with Gasteiger partial charge >= 0.3 is 6.18 Å². The molecule has 0 N–H and O–H groups in total. The summed E-state index contributed by atoms with van der Waals surface area (Å²) in [7, 11) is 0. The predicted octanol–water partition coefficient (Wildman–Crippen LogP) is 4.32. The first-order valence-electron chi connectivity index (χ1n) is 6.55. The second-order valence-electron chi connectivity index (χ2n) is 5.15. The van der Waals surface area contributed by atoms with Gasteiger partial charge in [0.15, 0.2) is 0 Å². The molecule has 2 heterocycles. The number of aryl methyl sites for hydroxylation is 2. The van der Waals surface area contributed by atoms with E-state index in [1.807, 2.05) is 13.0 Å². The van der Waals surface area contributed by atoms with Crippen molar-refractivity contribution in [2.75, 3.05) is 0 Å². The highest BCUT2D eigenvalue weighted by Gasteiger charge is 2.32. The van der Waals surface area contributed by atoms with E-state index >= 15 is 0 Å². The maximum Gasteiger partial charge on any atom is 0.416 e. The van der Waals surface area contributed by atoms with E-state index in [9.17, 15) is 13.2 Å². The molecule has 1 aromatic heterocycles. The van der Waals surface area contributed by atoms with Crippen LogP contribution in [0.4, 0.5) is 13.2 Å². The lowest BCUT2D eigenvalue weighted by Gasteiger charge is -2.14. The van der Waals surface area contributed by atoms with Crippen LogP contribution in [0.15, 0.2) is 29.3 Å². The van der Waals surface area contributed by atoms with Gasteiger partial charge in [0.25, 0.3) is 0 Å². The molecule has 2 nitrogen and oxygen atoms in total. The minimum atomic E-state index is -4.36. The Labute approximate surface area is 120 Å². The number of hydrogen-bond acceptors (Lipinski definition) is 2. The number of rotatable bonds is 1. The van der Waals surface area contributed by atoms with E-state index in [0.29, 0.717) is 17.7 Å². The summed E-state index contributed by atoms with van der Waals surface area (Å²) in [5.41, 5.74) is 3.56. The van der Waals surface area contributed by atoms with E-state index in [4.69, 9.17) is 0 Å². The van der Waals surface area contributed by atoms with Crippen LogP contribution < -0.4 is 0 Å². The fourth-order valence-electron chi connectivity index (χ4n) is 2.59. The Kier molecular flexibility index (Phi) is 3.08. The molecule has 0 saturated heterocycles. The first kappa shape index (κ1) is 13.8. The number of benzene rings is 1. The summed E-state index contributed by atoms with van der Waals surface area (Å²) >= 11 is 0. The zero-order chi connectivity index (χ0) is 15.2. The van der Waals surface area contributed by atoms with Gasteiger partial charge in [-0.2, -0.15) is 13.2 Å². The molecule has 1 aromatic carbocycles. The van der Waals surface area contributed by atoms with Gasteiger partial charge in [-0.15, -0.1) is 0 Å². The van der Waals surface area contributed by atoms with Crippen molar-refractivity contribution >= 4 is 6.21 Å². The first-order chi connectivity index (χ1) is 9.86. The third kappa shape index (κ3) is 2.44. The van der Waals surface area contributed by atoms with Gasteiger partial charge in [-0.25, -0.2) is 0 Å². The monoisotopic (exact) mass is 290 g/mol. The number of halogens is 3. The molecule has 21 heavy (non-hydrogen) atoms. The summed E-state index contributed by atoms with van der Waals surface area (Å²) in [5.74, 6) is 0. The minimum absolute atomic E-state index is 0.296. The van der Waals surface area contributed by atoms with Gasteiger partial charge in [-0.1, -0.05) is 6.07 Å². The molecule has 108 valence electrons. The zero-order valence-electron chi connectivity index (χ0n) is 11.6. The summed E-state index contributed by atoms with van der Waals surface area (Å²) in [6.07, 6.45) is -2.72. The van der Waals surface area contributed by atoms with E-state index in [1.165, 1.54) is 12.1 Å². The van der Waals surface area contributed by atoms with Crippen LogP contribution in [0.3, 0.4) is 0 Å². The van der Waals surface area contributed by atoms with Gasteiger partial charge in [-0.05, 0) is 43.2 Å². The standard InChI is InChI=1S/C16H13F3N2/c1-9-3-4-13(10(2)21-9)14-6-12(16(17,18)19)5-11-7-20-8-15(11)14/h3-6,8H,7H2,1-2H3. The highest BCUT2D eigenvalue weighted by atomic mass is 19.4. The maximum atomic E-state index is 13.1. The number of nitrogens with zero attached hydrogens (tertiary/aromatic N) is 2. The maximum absolute atomic E-state index is 13.1. The molecule has 0 fully saturated rings. The van der Waals surface area contributed by atoms with Gasteiger partial charge < -0.3 is 0 Å². The Morgan fingerprint density at radius 1 is 1.05 bits per heavy atom. The zero-order valence-corrected chi connectivity index (χ0v) is 11.6. The molecule has 0 unspecified atom stereocenters. The average Bonchev–Trinajstić information content (AvgIpc) is 2.85. The molecule has 0 radical (unpaired) electrons. The molecule has 0 spiro atoms. The van der Waals surface area contributed by atoms with Crippen molar-refractivity contribution in [3.8, 4) is 11.1 Å². The Morgan fingerprint density at radius 3 is 2.48 bits per heavy atom. The molecule has 0 bridgehead atoms. The quantitative estimate of drug-likeness (QED) is 0.768. The molecule has 3 rings (SSSR count). The molecular weight excluding hydrogens is 277 g/mol. The average molecular weight is 290 g/mol. The number of pyridine rings is 1. The van der Waals surface area contributed by atoms with Crippen LogP contribution in [-0.2, 0) is 12.7 Å². The van der Waals surface area contributed by atoms with Gasteiger partial charge in [-0.3, -0.25) is 9.98 Å². The predicted molar refractivity (Wildman–Crippen MR) is 75.4 cm³/mol. The van der Waals surface area contributed by atoms with Gasteiger partial charge in [0, 0.05) is 28.7 Å². The van der Waals surface area contributed by atoms with Crippen molar-refractivity contribution in [3.05, 3.63) is 52.3 Å². The van der Waals surface area contributed by atoms with E-state index in [2.05, 4.69) is 9.98 Å². The van der Waals surface area contributed by atoms with Crippen LogP contribution in [0.2, 0.25) is 0 Å². The van der Waals surface area contributed by atoms with Gasteiger partial charge in [0.05, 0.1) is 12.1 Å². The summed E-state index contributed by atoms with van der Waals surface area (Å²) in [5, 5.41) is 0. The van der Waals surface area contributed by atoms with Gasteiger partial charge in [0.1, 0.15) is 0 Å². The fraction of sp³-hybridized carbons (Fsp3) is 0.250.